The topological polar surface area (TPSA) is 52.6 Å². The van der Waals surface area contributed by atoms with E-state index in [1.54, 1.807) is 13.8 Å². The van der Waals surface area contributed by atoms with Gasteiger partial charge in [-0.1, -0.05) is 0 Å². The van der Waals surface area contributed by atoms with Crippen molar-refractivity contribution >= 4 is 23.7 Å². The van der Waals surface area contributed by atoms with Gasteiger partial charge in [0.1, 0.15) is 10.5 Å². The normalized spacial score (nSPS) is 24.9. The summed E-state index contributed by atoms with van der Waals surface area (Å²) in [5.41, 5.74) is 0. The van der Waals surface area contributed by atoms with Crippen LogP contribution >= 0.6 is 11.8 Å². The molecule has 0 spiro atoms. The molecule has 86 valence electrons. The van der Waals surface area contributed by atoms with Crippen molar-refractivity contribution in [2.45, 2.75) is 37.2 Å². The van der Waals surface area contributed by atoms with E-state index in [9.17, 15) is 9.59 Å². The molecule has 1 saturated heterocycles. The number of thioether (sulfide) groups is 1. The first-order chi connectivity index (χ1) is 7.19. The van der Waals surface area contributed by atoms with Gasteiger partial charge in [-0.3, -0.25) is 9.59 Å². The average Bonchev–Trinajstić information content (AvgIpc) is 2.67. The molecule has 1 aliphatic rings. The van der Waals surface area contributed by atoms with Crippen LogP contribution in [0.5, 0.6) is 0 Å². The highest BCUT2D eigenvalue weighted by molar-refractivity contribution is 8.02. The number of hydrogen-bond acceptors (Lipinski definition) is 5. The molecule has 1 fully saturated rings. The molecule has 5 heteroatoms. The van der Waals surface area contributed by atoms with Crippen molar-refractivity contribution in [1.82, 2.24) is 0 Å². The summed E-state index contributed by atoms with van der Waals surface area (Å²) in [6.07, 6.45) is 1.40. The molecule has 0 saturated carbocycles. The molecule has 0 N–H and O–H groups in total. The first-order valence-corrected chi connectivity index (χ1v) is 6.12. The Morgan fingerprint density at radius 2 is 1.47 bits per heavy atom. The molecular formula is C10H16O4S. The molecule has 0 bridgehead atoms. The quantitative estimate of drug-likeness (QED) is 0.685. The Bertz CT molecular complexity index is 218. The van der Waals surface area contributed by atoms with E-state index in [1.807, 2.05) is 0 Å². The monoisotopic (exact) mass is 232 g/mol. The summed E-state index contributed by atoms with van der Waals surface area (Å²) < 4.78 is 9.80. The van der Waals surface area contributed by atoms with Gasteiger partial charge in [-0.15, -0.1) is 11.8 Å². The van der Waals surface area contributed by atoms with Gasteiger partial charge in [0.05, 0.1) is 13.2 Å². The molecule has 0 aromatic carbocycles. The Labute approximate surface area is 93.7 Å². The Morgan fingerprint density at radius 1 is 1.07 bits per heavy atom. The van der Waals surface area contributed by atoms with Crippen LogP contribution in [-0.4, -0.2) is 35.7 Å². The van der Waals surface area contributed by atoms with Crippen molar-refractivity contribution in [2.75, 3.05) is 13.2 Å². The lowest BCUT2D eigenvalue weighted by atomic mass is 10.2. The van der Waals surface area contributed by atoms with E-state index < -0.39 is 0 Å². The highest BCUT2D eigenvalue weighted by atomic mass is 32.2. The van der Waals surface area contributed by atoms with Crippen LogP contribution in [0.4, 0.5) is 0 Å². The lowest BCUT2D eigenvalue weighted by Crippen LogP contribution is -2.20. The minimum Gasteiger partial charge on any atom is -0.465 e. The summed E-state index contributed by atoms with van der Waals surface area (Å²) in [6.45, 7) is 4.33. The van der Waals surface area contributed by atoms with E-state index in [1.165, 1.54) is 11.8 Å². The zero-order valence-electron chi connectivity index (χ0n) is 9.02. The van der Waals surface area contributed by atoms with Gasteiger partial charge in [0.15, 0.2) is 0 Å². The van der Waals surface area contributed by atoms with Crippen LogP contribution in [-0.2, 0) is 19.1 Å². The molecule has 0 aromatic heterocycles. The van der Waals surface area contributed by atoms with Gasteiger partial charge in [-0.2, -0.15) is 0 Å². The van der Waals surface area contributed by atoms with E-state index in [0.717, 1.165) is 0 Å². The number of hydrogen-bond donors (Lipinski definition) is 0. The maximum atomic E-state index is 11.4. The summed E-state index contributed by atoms with van der Waals surface area (Å²) in [6, 6.07) is 0. The highest BCUT2D eigenvalue weighted by Gasteiger charge is 2.36. The third-order valence-electron chi connectivity index (χ3n) is 2.12. The van der Waals surface area contributed by atoms with Crippen molar-refractivity contribution in [1.29, 1.82) is 0 Å². The zero-order chi connectivity index (χ0) is 11.3. The molecular weight excluding hydrogens is 216 g/mol. The Kier molecular flexibility index (Phi) is 4.94. The molecule has 1 heterocycles. The molecule has 0 aliphatic carbocycles. The fraction of sp³-hybridized carbons (Fsp3) is 0.800. The van der Waals surface area contributed by atoms with E-state index in [2.05, 4.69) is 0 Å². The second-order valence-electron chi connectivity index (χ2n) is 3.19. The standard InChI is InChI=1S/C10H16O4S/c1-3-13-9(11)7-5-6-8(15-7)10(12)14-4-2/h7-8H,3-6H2,1-2H3. The Balaban J connectivity index is 2.38. The third-order valence-corrected chi connectivity index (χ3v) is 3.63. The first-order valence-electron chi connectivity index (χ1n) is 5.17. The van der Waals surface area contributed by atoms with Crippen LogP contribution in [0, 0.1) is 0 Å². The van der Waals surface area contributed by atoms with Crippen LogP contribution in [0.3, 0.4) is 0 Å². The molecule has 15 heavy (non-hydrogen) atoms. The molecule has 0 radical (unpaired) electrons. The number of carbonyl (C=O) groups excluding carboxylic acids is 2. The number of rotatable bonds is 4. The van der Waals surface area contributed by atoms with Crippen LogP contribution in [0.2, 0.25) is 0 Å². The number of carbonyl (C=O) groups is 2. The van der Waals surface area contributed by atoms with Crippen molar-refractivity contribution in [3.05, 3.63) is 0 Å². The van der Waals surface area contributed by atoms with Gasteiger partial charge in [-0.25, -0.2) is 0 Å². The van der Waals surface area contributed by atoms with Crippen molar-refractivity contribution < 1.29 is 19.1 Å². The summed E-state index contributed by atoms with van der Waals surface area (Å²) in [4.78, 5) is 22.8. The fourth-order valence-corrected chi connectivity index (χ4v) is 2.75. The van der Waals surface area contributed by atoms with E-state index in [-0.39, 0.29) is 22.4 Å². The molecule has 0 amide bonds. The molecule has 2 unspecified atom stereocenters. The van der Waals surface area contributed by atoms with Gasteiger partial charge >= 0.3 is 11.9 Å². The predicted octanol–water partition coefficient (Wildman–Crippen LogP) is 1.38. The predicted molar refractivity (Wildman–Crippen MR) is 57.7 cm³/mol. The van der Waals surface area contributed by atoms with Crippen molar-refractivity contribution in [3.63, 3.8) is 0 Å². The maximum Gasteiger partial charge on any atom is 0.319 e. The molecule has 1 aliphatic heterocycles. The average molecular weight is 232 g/mol. The van der Waals surface area contributed by atoms with Crippen LogP contribution in [0.1, 0.15) is 26.7 Å². The maximum absolute atomic E-state index is 11.4. The largest absolute Gasteiger partial charge is 0.465 e. The van der Waals surface area contributed by atoms with Gasteiger partial charge in [-0.05, 0) is 26.7 Å². The van der Waals surface area contributed by atoms with Gasteiger partial charge in [0.25, 0.3) is 0 Å². The molecule has 0 aromatic rings. The van der Waals surface area contributed by atoms with E-state index in [0.29, 0.717) is 26.1 Å². The minimum atomic E-state index is -0.214. The summed E-state index contributed by atoms with van der Waals surface area (Å²) >= 11 is 1.36. The second kappa shape index (κ2) is 6.00. The first kappa shape index (κ1) is 12.4. The molecule has 1 rings (SSSR count). The van der Waals surface area contributed by atoms with Gasteiger partial charge in [0, 0.05) is 0 Å². The van der Waals surface area contributed by atoms with Crippen LogP contribution in [0.15, 0.2) is 0 Å². The summed E-state index contributed by atoms with van der Waals surface area (Å²) in [5, 5.41) is -0.390. The number of ether oxygens (including phenoxy) is 2. The Morgan fingerprint density at radius 3 is 1.80 bits per heavy atom. The summed E-state index contributed by atoms with van der Waals surface area (Å²) in [5.74, 6) is -0.427. The van der Waals surface area contributed by atoms with E-state index >= 15 is 0 Å². The Hall–Kier alpha value is -0.710. The van der Waals surface area contributed by atoms with Crippen LogP contribution < -0.4 is 0 Å². The number of esters is 2. The SMILES string of the molecule is CCOC(=O)C1CCC(C(=O)OCC)S1. The lowest BCUT2D eigenvalue weighted by Gasteiger charge is -2.09. The van der Waals surface area contributed by atoms with Gasteiger partial charge < -0.3 is 9.47 Å². The fourth-order valence-electron chi connectivity index (χ4n) is 1.45. The van der Waals surface area contributed by atoms with Crippen molar-refractivity contribution in [3.8, 4) is 0 Å². The summed E-state index contributed by atoms with van der Waals surface area (Å²) in [7, 11) is 0. The van der Waals surface area contributed by atoms with Crippen molar-refractivity contribution in [2.24, 2.45) is 0 Å². The van der Waals surface area contributed by atoms with Crippen LogP contribution in [0.25, 0.3) is 0 Å². The molecule has 2 atom stereocenters. The zero-order valence-corrected chi connectivity index (χ0v) is 9.84. The third kappa shape index (κ3) is 3.41. The highest BCUT2D eigenvalue weighted by Crippen LogP contribution is 2.35. The van der Waals surface area contributed by atoms with Gasteiger partial charge in [0.2, 0.25) is 0 Å². The molecule has 4 nitrogen and oxygen atoms in total. The minimum absolute atomic E-state index is 0.195. The van der Waals surface area contributed by atoms with E-state index in [4.69, 9.17) is 9.47 Å². The smallest absolute Gasteiger partial charge is 0.319 e. The lowest BCUT2D eigenvalue weighted by molar-refractivity contribution is -0.143. The second-order valence-corrected chi connectivity index (χ2v) is 4.61.